The Hall–Kier alpha value is -0.730. The second kappa shape index (κ2) is 3.99. The zero-order valence-electron chi connectivity index (χ0n) is 7.84. The first kappa shape index (κ1) is 10.4. The van der Waals surface area contributed by atoms with Crippen molar-refractivity contribution in [1.29, 1.82) is 0 Å². The van der Waals surface area contributed by atoms with Crippen LogP contribution >= 0.6 is 11.6 Å². The summed E-state index contributed by atoms with van der Waals surface area (Å²) in [5.74, 6) is 0.166. The van der Waals surface area contributed by atoms with Gasteiger partial charge >= 0.3 is 0 Å². The smallest absolute Gasteiger partial charge is 0.137 e. The lowest BCUT2D eigenvalue weighted by atomic mass is 10.0. The molecule has 0 heterocycles. The Bertz CT molecular complexity index is 310. The molecule has 1 rings (SSSR count). The van der Waals surface area contributed by atoms with Gasteiger partial charge in [-0.3, -0.25) is 0 Å². The average molecular weight is 200 g/mol. The van der Waals surface area contributed by atoms with Crippen LogP contribution in [0.1, 0.15) is 18.1 Å². The number of rotatable bonds is 2. The Morgan fingerprint density at radius 2 is 2.15 bits per heavy atom. The maximum Gasteiger partial charge on any atom is 0.137 e. The van der Waals surface area contributed by atoms with Crippen molar-refractivity contribution in [3.63, 3.8) is 0 Å². The molecule has 0 fully saturated rings. The number of halogens is 1. The highest BCUT2D eigenvalue weighted by atomic mass is 35.5. The molecule has 0 amide bonds. The molecule has 0 aliphatic carbocycles. The third-order valence-corrected chi connectivity index (χ3v) is 2.30. The topological polar surface area (TPSA) is 46.2 Å². The average Bonchev–Trinajstić information content (AvgIpc) is 2.05. The zero-order chi connectivity index (χ0) is 10.0. The molecule has 0 radical (unpaired) electrons. The fraction of sp³-hybridized carbons (Fsp3) is 0.400. The van der Waals surface area contributed by atoms with E-state index in [1.165, 1.54) is 0 Å². The van der Waals surface area contributed by atoms with E-state index in [0.29, 0.717) is 11.4 Å². The van der Waals surface area contributed by atoms with E-state index >= 15 is 0 Å². The highest BCUT2D eigenvalue weighted by Crippen LogP contribution is 2.30. The normalized spacial score (nSPS) is 12.9. The van der Waals surface area contributed by atoms with Gasteiger partial charge in [-0.1, -0.05) is 17.7 Å². The van der Waals surface area contributed by atoms with Gasteiger partial charge < -0.3 is 10.8 Å². The highest BCUT2D eigenvalue weighted by Gasteiger charge is 2.10. The van der Waals surface area contributed by atoms with Gasteiger partial charge in [0, 0.05) is 6.04 Å². The summed E-state index contributed by atoms with van der Waals surface area (Å²) >= 11 is 5.78. The summed E-state index contributed by atoms with van der Waals surface area (Å²) in [5, 5.41) is 10.0. The molecule has 13 heavy (non-hydrogen) atoms. The van der Waals surface area contributed by atoms with Crippen LogP contribution < -0.4 is 5.73 Å². The fourth-order valence-corrected chi connectivity index (χ4v) is 1.47. The summed E-state index contributed by atoms with van der Waals surface area (Å²) in [6.45, 7) is 3.84. The van der Waals surface area contributed by atoms with Crippen molar-refractivity contribution in [2.75, 3.05) is 0 Å². The number of phenols is 1. The fourth-order valence-electron chi connectivity index (χ4n) is 1.29. The van der Waals surface area contributed by atoms with E-state index in [1.54, 1.807) is 6.07 Å². The maximum atomic E-state index is 9.64. The quantitative estimate of drug-likeness (QED) is 0.768. The molecule has 0 saturated heterocycles. The molecule has 0 saturated carbocycles. The van der Waals surface area contributed by atoms with Crippen molar-refractivity contribution in [2.45, 2.75) is 26.3 Å². The van der Waals surface area contributed by atoms with Gasteiger partial charge in [-0.25, -0.2) is 0 Å². The van der Waals surface area contributed by atoms with Crippen LogP contribution in [0.2, 0.25) is 5.02 Å². The standard InChI is InChI=1S/C10H14ClNO/c1-6-3-4-9(11)10(13)8(6)5-7(2)12/h3-4,7,13H,5,12H2,1-2H3. The van der Waals surface area contributed by atoms with E-state index < -0.39 is 0 Å². The van der Waals surface area contributed by atoms with E-state index in [-0.39, 0.29) is 11.8 Å². The molecule has 1 aromatic rings. The Morgan fingerprint density at radius 3 is 2.69 bits per heavy atom. The molecule has 1 unspecified atom stereocenters. The van der Waals surface area contributed by atoms with E-state index in [1.807, 2.05) is 19.9 Å². The zero-order valence-corrected chi connectivity index (χ0v) is 8.60. The van der Waals surface area contributed by atoms with Crippen molar-refractivity contribution in [3.05, 3.63) is 28.3 Å². The molecule has 0 bridgehead atoms. The number of aromatic hydroxyl groups is 1. The summed E-state index contributed by atoms with van der Waals surface area (Å²) in [6.07, 6.45) is 0.651. The highest BCUT2D eigenvalue weighted by molar-refractivity contribution is 6.32. The number of nitrogens with two attached hydrogens (primary N) is 1. The lowest BCUT2D eigenvalue weighted by Crippen LogP contribution is -2.18. The van der Waals surface area contributed by atoms with Gasteiger partial charge in [0.15, 0.2) is 0 Å². The minimum atomic E-state index is 0.0306. The number of phenolic OH excluding ortho intramolecular Hbond substituents is 1. The van der Waals surface area contributed by atoms with Crippen LogP contribution in [0, 0.1) is 6.92 Å². The molecular weight excluding hydrogens is 186 g/mol. The lowest BCUT2D eigenvalue weighted by Gasteiger charge is -2.11. The van der Waals surface area contributed by atoms with Gasteiger partial charge in [0.05, 0.1) is 5.02 Å². The number of hydrogen-bond donors (Lipinski definition) is 2. The van der Waals surface area contributed by atoms with Crippen LogP contribution in [0.5, 0.6) is 5.75 Å². The molecule has 1 atom stereocenters. The minimum absolute atomic E-state index is 0.0306. The Balaban J connectivity index is 3.10. The Labute approximate surface area is 83.3 Å². The lowest BCUT2D eigenvalue weighted by molar-refractivity contribution is 0.465. The molecule has 0 aliphatic heterocycles. The molecule has 3 heteroatoms. The van der Waals surface area contributed by atoms with Crippen LogP contribution in [-0.4, -0.2) is 11.1 Å². The number of aryl methyl sites for hydroxylation is 1. The third kappa shape index (κ3) is 2.36. The Morgan fingerprint density at radius 1 is 1.54 bits per heavy atom. The monoisotopic (exact) mass is 199 g/mol. The molecule has 2 nitrogen and oxygen atoms in total. The summed E-state index contributed by atoms with van der Waals surface area (Å²) < 4.78 is 0. The van der Waals surface area contributed by atoms with Crippen molar-refractivity contribution < 1.29 is 5.11 Å². The van der Waals surface area contributed by atoms with Crippen LogP contribution in [-0.2, 0) is 6.42 Å². The first-order chi connectivity index (χ1) is 6.02. The number of benzene rings is 1. The van der Waals surface area contributed by atoms with E-state index in [0.717, 1.165) is 11.1 Å². The predicted molar refractivity (Wildman–Crippen MR) is 55.2 cm³/mol. The Kier molecular flexibility index (Phi) is 3.17. The molecule has 0 aliphatic rings. The van der Waals surface area contributed by atoms with Crippen molar-refractivity contribution in [1.82, 2.24) is 0 Å². The molecule has 3 N–H and O–H groups in total. The molecule has 72 valence electrons. The summed E-state index contributed by atoms with van der Waals surface area (Å²) in [5.41, 5.74) is 7.53. The largest absolute Gasteiger partial charge is 0.506 e. The van der Waals surface area contributed by atoms with Gasteiger partial charge in [0.1, 0.15) is 5.75 Å². The van der Waals surface area contributed by atoms with Gasteiger partial charge in [0.2, 0.25) is 0 Å². The van der Waals surface area contributed by atoms with E-state index in [4.69, 9.17) is 17.3 Å². The summed E-state index contributed by atoms with van der Waals surface area (Å²) in [4.78, 5) is 0. The maximum absolute atomic E-state index is 9.64. The molecule has 0 spiro atoms. The molecular formula is C10H14ClNO. The second-order valence-corrected chi connectivity index (χ2v) is 3.78. The number of hydrogen-bond acceptors (Lipinski definition) is 2. The summed E-state index contributed by atoms with van der Waals surface area (Å²) in [7, 11) is 0. The van der Waals surface area contributed by atoms with E-state index in [9.17, 15) is 5.11 Å². The van der Waals surface area contributed by atoms with Crippen LogP contribution in [0.4, 0.5) is 0 Å². The predicted octanol–water partition coefficient (Wildman–Crippen LogP) is 2.24. The van der Waals surface area contributed by atoms with Crippen LogP contribution in [0.3, 0.4) is 0 Å². The van der Waals surface area contributed by atoms with Gasteiger partial charge in [-0.15, -0.1) is 0 Å². The van der Waals surface area contributed by atoms with Crippen molar-refractivity contribution >= 4 is 11.6 Å². The molecule has 1 aromatic carbocycles. The van der Waals surface area contributed by atoms with Gasteiger partial charge in [0.25, 0.3) is 0 Å². The third-order valence-electron chi connectivity index (χ3n) is 1.99. The van der Waals surface area contributed by atoms with Crippen molar-refractivity contribution in [3.8, 4) is 5.75 Å². The SMILES string of the molecule is Cc1ccc(Cl)c(O)c1CC(C)N. The van der Waals surface area contributed by atoms with E-state index in [2.05, 4.69) is 0 Å². The van der Waals surface area contributed by atoms with Crippen LogP contribution in [0.25, 0.3) is 0 Å². The second-order valence-electron chi connectivity index (χ2n) is 3.37. The minimum Gasteiger partial charge on any atom is -0.506 e. The van der Waals surface area contributed by atoms with Gasteiger partial charge in [-0.2, -0.15) is 0 Å². The van der Waals surface area contributed by atoms with Gasteiger partial charge in [-0.05, 0) is 37.5 Å². The molecule has 0 aromatic heterocycles. The summed E-state index contributed by atoms with van der Waals surface area (Å²) in [6, 6.07) is 3.61. The van der Waals surface area contributed by atoms with Crippen LogP contribution in [0.15, 0.2) is 12.1 Å². The first-order valence-electron chi connectivity index (χ1n) is 4.25. The first-order valence-corrected chi connectivity index (χ1v) is 4.62. The van der Waals surface area contributed by atoms with Crippen molar-refractivity contribution in [2.24, 2.45) is 5.73 Å².